The predicted octanol–water partition coefficient (Wildman–Crippen LogP) is 3.45. The Morgan fingerprint density at radius 1 is 1.10 bits per heavy atom. The second kappa shape index (κ2) is 4.73. The summed E-state index contributed by atoms with van der Waals surface area (Å²) in [5, 5.41) is 13.1. The Bertz CT molecular complexity index is 497. The second-order valence-corrected chi connectivity index (χ2v) is 6.96. The van der Waals surface area contributed by atoms with Gasteiger partial charge in [0.2, 0.25) is 0 Å². The van der Waals surface area contributed by atoms with Crippen molar-refractivity contribution < 1.29 is 9.50 Å². The van der Waals surface area contributed by atoms with Crippen molar-refractivity contribution in [3.05, 3.63) is 29.6 Å². The van der Waals surface area contributed by atoms with E-state index in [-0.39, 0.29) is 11.6 Å². The molecule has 0 heterocycles. The molecule has 3 heteroatoms. The van der Waals surface area contributed by atoms with E-state index < -0.39 is 0 Å². The number of phenols is 1. The van der Waals surface area contributed by atoms with Crippen molar-refractivity contribution in [3.63, 3.8) is 0 Å². The third-order valence-corrected chi connectivity index (χ3v) is 5.94. The molecule has 5 unspecified atom stereocenters. The van der Waals surface area contributed by atoms with Crippen molar-refractivity contribution in [2.24, 2.45) is 23.7 Å². The molecule has 3 saturated carbocycles. The molecule has 0 spiro atoms. The molecule has 20 heavy (non-hydrogen) atoms. The Morgan fingerprint density at radius 3 is 2.80 bits per heavy atom. The quantitative estimate of drug-likeness (QED) is 0.885. The molecule has 3 fully saturated rings. The second-order valence-electron chi connectivity index (χ2n) is 6.96. The highest BCUT2D eigenvalue weighted by Crippen LogP contribution is 2.58. The van der Waals surface area contributed by atoms with Crippen molar-refractivity contribution in [2.75, 3.05) is 0 Å². The third kappa shape index (κ3) is 2.03. The van der Waals surface area contributed by atoms with E-state index in [1.807, 2.05) is 0 Å². The summed E-state index contributed by atoms with van der Waals surface area (Å²) in [6, 6.07) is 4.93. The minimum atomic E-state index is -0.356. The minimum absolute atomic E-state index is 0.0191. The van der Waals surface area contributed by atoms with Crippen LogP contribution >= 0.6 is 0 Å². The van der Waals surface area contributed by atoms with E-state index in [9.17, 15) is 9.50 Å². The zero-order chi connectivity index (χ0) is 13.7. The fourth-order valence-corrected chi connectivity index (χ4v) is 5.29. The van der Waals surface area contributed by atoms with Crippen LogP contribution in [0.2, 0.25) is 0 Å². The largest absolute Gasteiger partial charge is 0.508 e. The molecule has 5 atom stereocenters. The molecule has 0 aromatic heterocycles. The summed E-state index contributed by atoms with van der Waals surface area (Å²) < 4.78 is 13.3. The summed E-state index contributed by atoms with van der Waals surface area (Å²) in [5.74, 6) is 3.40. The van der Waals surface area contributed by atoms with Crippen LogP contribution in [0.25, 0.3) is 0 Å². The smallest absolute Gasteiger partial charge is 0.127 e. The highest BCUT2D eigenvalue weighted by molar-refractivity contribution is 5.28. The zero-order valence-electron chi connectivity index (χ0n) is 11.7. The molecule has 108 valence electrons. The summed E-state index contributed by atoms with van der Waals surface area (Å²) in [4.78, 5) is 0. The van der Waals surface area contributed by atoms with Gasteiger partial charge in [0.25, 0.3) is 0 Å². The molecule has 0 aliphatic heterocycles. The van der Waals surface area contributed by atoms with Crippen LogP contribution in [0.3, 0.4) is 0 Å². The van der Waals surface area contributed by atoms with Gasteiger partial charge in [0.15, 0.2) is 0 Å². The lowest BCUT2D eigenvalue weighted by atomic mass is 9.79. The first kappa shape index (κ1) is 12.6. The molecule has 0 saturated heterocycles. The summed E-state index contributed by atoms with van der Waals surface area (Å²) in [7, 11) is 0. The van der Waals surface area contributed by atoms with Gasteiger partial charge in [-0.05, 0) is 67.1 Å². The van der Waals surface area contributed by atoms with E-state index in [4.69, 9.17) is 0 Å². The maximum absolute atomic E-state index is 13.3. The Kier molecular flexibility index (Phi) is 2.99. The van der Waals surface area contributed by atoms with Crippen LogP contribution in [-0.4, -0.2) is 11.1 Å². The highest BCUT2D eigenvalue weighted by atomic mass is 19.1. The number of benzene rings is 1. The fraction of sp³-hybridized carbons (Fsp3) is 0.647. The maximum Gasteiger partial charge on any atom is 0.127 e. The lowest BCUT2D eigenvalue weighted by molar-refractivity contribution is 0.208. The van der Waals surface area contributed by atoms with Crippen molar-refractivity contribution in [3.8, 4) is 5.75 Å². The highest BCUT2D eigenvalue weighted by Gasteiger charge is 2.53. The molecule has 0 amide bonds. The topological polar surface area (TPSA) is 32.3 Å². The molecule has 1 aromatic rings. The Morgan fingerprint density at radius 2 is 1.95 bits per heavy atom. The summed E-state index contributed by atoms with van der Waals surface area (Å²) in [5.41, 5.74) is 0.841. The number of halogens is 1. The Balaban J connectivity index is 1.41. The molecule has 2 N–H and O–H groups in total. The van der Waals surface area contributed by atoms with Gasteiger partial charge in [0.05, 0.1) is 0 Å². The van der Waals surface area contributed by atoms with Gasteiger partial charge in [-0.15, -0.1) is 0 Å². The van der Waals surface area contributed by atoms with E-state index >= 15 is 0 Å². The average Bonchev–Trinajstić information content (AvgIpc) is 3.07. The monoisotopic (exact) mass is 275 g/mol. The predicted molar refractivity (Wildman–Crippen MR) is 75.7 cm³/mol. The van der Waals surface area contributed by atoms with E-state index in [2.05, 4.69) is 5.32 Å². The van der Waals surface area contributed by atoms with Gasteiger partial charge in [-0.2, -0.15) is 0 Å². The molecule has 2 nitrogen and oxygen atoms in total. The maximum atomic E-state index is 13.3. The van der Waals surface area contributed by atoms with Crippen molar-refractivity contribution in [2.45, 2.75) is 44.7 Å². The number of phenolic OH excluding ortho intramolecular Hbond substituents is 1. The lowest BCUT2D eigenvalue weighted by Crippen LogP contribution is -2.38. The van der Waals surface area contributed by atoms with Crippen LogP contribution in [0.15, 0.2) is 18.2 Å². The SMILES string of the molecule is Oc1cc(F)cc(CNC2CC3CC2C2CCCC32)c1. The number of nitrogens with one attached hydrogen (secondary N) is 1. The standard InChI is InChI=1S/C17H22FNO/c18-12-4-10(5-13(20)8-12)9-19-17-7-11-6-16(17)15-3-1-2-14(11)15/h4-5,8,11,14-17,19-20H,1-3,6-7,9H2. The van der Waals surface area contributed by atoms with E-state index in [1.165, 1.54) is 38.2 Å². The van der Waals surface area contributed by atoms with Crippen LogP contribution in [0.1, 0.15) is 37.7 Å². The first-order chi connectivity index (χ1) is 9.70. The molecule has 0 radical (unpaired) electrons. The van der Waals surface area contributed by atoms with Gasteiger partial charge in [-0.1, -0.05) is 6.42 Å². The van der Waals surface area contributed by atoms with Crippen LogP contribution in [0.4, 0.5) is 4.39 Å². The average molecular weight is 275 g/mol. The number of hydrogen-bond acceptors (Lipinski definition) is 2. The van der Waals surface area contributed by atoms with Crippen LogP contribution in [-0.2, 0) is 6.54 Å². The van der Waals surface area contributed by atoms with Crippen molar-refractivity contribution in [1.29, 1.82) is 0 Å². The van der Waals surface area contributed by atoms with Gasteiger partial charge >= 0.3 is 0 Å². The fourth-order valence-electron chi connectivity index (χ4n) is 5.29. The molecule has 1 aromatic carbocycles. The van der Waals surface area contributed by atoms with Gasteiger partial charge < -0.3 is 10.4 Å². The summed E-state index contributed by atoms with van der Waals surface area (Å²) >= 11 is 0. The number of fused-ring (bicyclic) bond motifs is 5. The minimum Gasteiger partial charge on any atom is -0.508 e. The Labute approximate surface area is 119 Å². The third-order valence-electron chi connectivity index (χ3n) is 5.94. The van der Waals surface area contributed by atoms with Crippen LogP contribution in [0, 0.1) is 29.5 Å². The van der Waals surface area contributed by atoms with Crippen molar-refractivity contribution >= 4 is 0 Å². The molecule has 4 rings (SSSR count). The number of aromatic hydroxyl groups is 1. The summed E-state index contributed by atoms with van der Waals surface area (Å²) in [6.07, 6.45) is 7.00. The Hall–Kier alpha value is -1.09. The van der Waals surface area contributed by atoms with E-state index in [1.54, 1.807) is 6.07 Å². The summed E-state index contributed by atoms with van der Waals surface area (Å²) in [6.45, 7) is 0.663. The number of rotatable bonds is 3. The normalized spacial score (nSPS) is 38.4. The lowest BCUT2D eigenvalue weighted by Gasteiger charge is -2.32. The molecular formula is C17H22FNO. The molecule has 3 aliphatic carbocycles. The van der Waals surface area contributed by atoms with Gasteiger partial charge in [-0.25, -0.2) is 4.39 Å². The van der Waals surface area contributed by atoms with Crippen LogP contribution < -0.4 is 5.32 Å². The molecular weight excluding hydrogens is 253 g/mol. The molecule has 2 bridgehead atoms. The van der Waals surface area contributed by atoms with Gasteiger partial charge in [0, 0.05) is 18.7 Å². The zero-order valence-corrected chi connectivity index (χ0v) is 11.7. The first-order valence-corrected chi connectivity index (χ1v) is 7.92. The first-order valence-electron chi connectivity index (χ1n) is 7.92. The van der Waals surface area contributed by atoms with Gasteiger partial charge in [-0.3, -0.25) is 0 Å². The van der Waals surface area contributed by atoms with Gasteiger partial charge in [0.1, 0.15) is 11.6 Å². The molecule has 3 aliphatic rings. The van der Waals surface area contributed by atoms with Crippen LogP contribution in [0.5, 0.6) is 5.75 Å². The van der Waals surface area contributed by atoms with Crippen molar-refractivity contribution in [1.82, 2.24) is 5.32 Å². The van der Waals surface area contributed by atoms with E-state index in [0.717, 1.165) is 35.3 Å². The van der Waals surface area contributed by atoms with E-state index in [0.29, 0.717) is 12.6 Å². The number of hydrogen-bond donors (Lipinski definition) is 2.